The predicted octanol–water partition coefficient (Wildman–Crippen LogP) is -18.1. The number of amides is 3. The van der Waals surface area contributed by atoms with Gasteiger partial charge in [0.1, 0.15) is 207 Å². The molecule has 47 heteroatoms. The van der Waals surface area contributed by atoms with Gasteiger partial charge in [-0.25, -0.2) is 0 Å². The smallest absolute Gasteiger partial charge is 0.217 e. The second kappa shape index (κ2) is 37.8. The van der Waals surface area contributed by atoms with Crippen molar-refractivity contribution < 1.29 is 217 Å². The normalized spacial score (nSPS) is 50.7. The topological polar surface area (TPSA) is 730 Å². The third-order valence-electron chi connectivity index (χ3n) is 19.9. The predicted molar refractivity (Wildman–Crippen MR) is 329 cm³/mol. The zero-order valence-electron chi connectivity index (χ0n) is 57.8. The lowest BCUT2D eigenvalue weighted by Gasteiger charge is -2.52. The first-order valence-corrected chi connectivity index (χ1v) is 34.4. The number of rotatable bonds is 26. The molecule has 9 rings (SSSR count). The Kier molecular flexibility index (Phi) is 31.0. The van der Waals surface area contributed by atoms with Gasteiger partial charge in [-0.2, -0.15) is 0 Å². The molecule has 3 amide bonds. The van der Waals surface area contributed by atoms with E-state index in [1.54, 1.807) is 0 Å². The Morgan fingerprint density at radius 3 is 0.963 bits per heavy atom. The van der Waals surface area contributed by atoms with E-state index in [1.807, 2.05) is 0 Å². The van der Waals surface area contributed by atoms with Gasteiger partial charge < -0.3 is 219 Å². The molecule has 9 aliphatic heterocycles. The van der Waals surface area contributed by atoms with E-state index in [9.17, 15) is 137 Å². The Hall–Kier alpha value is -3.23. The van der Waals surface area contributed by atoms with Gasteiger partial charge in [0.2, 0.25) is 17.7 Å². The van der Waals surface area contributed by atoms with E-state index in [4.69, 9.17) is 80.5 Å². The molecule has 9 aliphatic rings. The molecule has 0 aliphatic carbocycles. The summed E-state index contributed by atoms with van der Waals surface area (Å²) in [6, 6.07) is -5.86. The van der Waals surface area contributed by atoms with Crippen LogP contribution in [-0.4, -0.2) is 463 Å². The maximum absolute atomic E-state index is 13.6. The quantitative estimate of drug-likeness (QED) is 0.0382. The summed E-state index contributed by atoms with van der Waals surface area (Å²) in [4.78, 5) is 39.2. The summed E-state index contributed by atoms with van der Waals surface area (Å²) in [5, 5.41) is 274. The Balaban J connectivity index is 1.07. The highest BCUT2D eigenvalue weighted by Gasteiger charge is 2.62. The fourth-order valence-corrected chi connectivity index (χ4v) is 14.0. The van der Waals surface area contributed by atoms with Crippen LogP contribution in [0, 0.1) is 0 Å². The third kappa shape index (κ3) is 18.9. The monoisotopic (exact) mass is 1570 g/mol. The van der Waals surface area contributed by atoms with Crippen molar-refractivity contribution in [2.24, 2.45) is 0 Å². The number of carbonyl (C=O) groups excluding carboxylic acids is 3. The molecule has 9 fully saturated rings. The average molecular weight is 1570 g/mol. The van der Waals surface area contributed by atoms with Crippen LogP contribution in [0.4, 0.5) is 0 Å². The van der Waals surface area contributed by atoms with Crippen LogP contribution in [-0.2, 0) is 94.9 Å². The van der Waals surface area contributed by atoms with Crippen molar-refractivity contribution in [2.45, 2.75) is 311 Å². The molecule has 0 spiro atoms. The minimum Gasteiger partial charge on any atom is -0.394 e. The Morgan fingerprint density at radius 2 is 0.533 bits per heavy atom. The van der Waals surface area contributed by atoms with Crippen LogP contribution in [0.5, 0.6) is 0 Å². The Morgan fingerprint density at radius 1 is 0.243 bits per heavy atom. The minimum atomic E-state index is -2.36. The molecule has 45 atom stereocenters. The first kappa shape index (κ1) is 87.7. The number of hydrogen-bond donors (Lipinski definition) is 27. The van der Waals surface area contributed by atoms with E-state index in [-0.39, 0.29) is 0 Å². The molecule has 0 aromatic carbocycles. The van der Waals surface area contributed by atoms with Gasteiger partial charge in [0, 0.05) is 20.8 Å². The summed E-state index contributed by atoms with van der Waals surface area (Å²) in [6.07, 6.45) is -86.2. The molecule has 9 saturated heterocycles. The third-order valence-corrected chi connectivity index (χ3v) is 19.9. The molecule has 0 bridgehead atoms. The second-order valence-electron chi connectivity index (χ2n) is 27.4. The van der Waals surface area contributed by atoms with E-state index in [0.717, 1.165) is 20.8 Å². The van der Waals surface area contributed by atoms with E-state index >= 15 is 0 Å². The largest absolute Gasteiger partial charge is 0.394 e. The van der Waals surface area contributed by atoms with Crippen molar-refractivity contribution in [2.75, 3.05) is 46.2 Å². The number of carbonyl (C=O) groups is 3. The van der Waals surface area contributed by atoms with Crippen LogP contribution in [0.3, 0.4) is 0 Å². The van der Waals surface area contributed by atoms with Gasteiger partial charge in [0.15, 0.2) is 56.6 Å². The van der Waals surface area contributed by atoms with Gasteiger partial charge in [-0.3, -0.25) is 14.4 Å². The summed E-state index contributed by atoms with van der Waals surface area (Å²) >= 11 is 0. The van der Waals surface area contributed by atoms with Gasteiger partial charge in [0.05, 0.1) is 58.5 Å². The van der Waals surface area contributed by atoms with Gasteiger partial charge in [-0.1, -0.05) is 0 Å². The van der Waals surface area contributed by atoms with Crippen LogP contribution in [0.25, 0.3) is 0 Å². The van der Waals surface area contributed by atoms with Crippen molar-refractivity contribution in [3.63, 3.8) is 0 Å². The molecular weight excluding hydrogens is 1470 g/mol. The molecule has 0 unspecified atom stereocenters. The van der Waals surface area contributed by atoms with Crippen molar-refractivity contribution in [1.29, 1.82) is 0 Å². The highest BCUT2D eigenvalue weighted by Crippen LogP contribution is 2.41. The van der Waals surface area contributed by atoms with Gasteiger partial charge >= 0.3 is 0 Å². The van der Waals surface area contributed by atoms with E-state index < -0.39 is 340 Å². The zero-order chi connectivity index (χ0) is 78.8. The lowest BCUT2D eigenvalue weighted by molar-refractivity contribution is -0.409. The van der Waals surface area contributed by atoms with Crippen LogP contribution < -0.4 is 16.0 Å². The van der Waals surface area contributed by atoms with Crippen LogP contribution >= 0.6 is 0 Å². The van der Waals surface area contributed by atoms with Crippen LogP contribution in [0.1, 0.15) is 34.6 Å². The highest BCUT2D eigenvalue weighted by atomic mass is 16.8. The minimum absolute atomic E-state index is 0.857. The lowest BCUT2D eigenvalue weighted by atomic mass is 9.93. The molecule has 0 aromatic heterocycles. The van der Waals surface area contributed by atoms with Crippen LogP contribution in [0.2, 0.25) is 0 Å². The molecule has 9 heterocycles. The molecule has 620 valence electrons. The van der Waals surface area contributed by atoms with Crippen molar-refractivity contribution >= 4 is 17.7 Å². The average Bonchev–Trinajstić information content (AvgIpc) is 0.763. The Bertz CT molecular complexity index is 2810. The van der Waals surface area contributed by atoms with Gasteiger partial charge in [-0.05, 0) is 13.8 Å². The number of hydrogen-bond acceptors (Lipinski definition) is 44. The first-order valence-electron chi connectivity index (χ1n) is 34.4. The number of aliphatic hydroxyl groups is 24. The molecule has 0 radical (unpaired) electrons. The summed E-state index contributed by atoms with van der Waals surface area (Å²) in [5.74, 6) is -2.85. The summed E-state index contributed by atoms with van der Waals surface area (Å²) in [6.45, 7) is -2.57. The first-order chi connectivity index (χ1) is 50.6. The summed E-state index contributed by atoms with van der Waals surface area (Å²) in [5.41, 5.74) is 0. The van der Waals surface area contributed by atoms with Gasteiger partial charge in [-0.15, -0.1) is 0 Å². The van der Waals surface area contributed by atoms with Crippen molar-refractivity contribution in [3.8, 4) is 0 Å². The number of aliphatic hydroxyl groups excluding tert-OH is 24. The maximum atomic E-state index is 13.6. The lowest BCUT2D eigenvalue weighted by Crippen LogP contribution is -2.72. The number of ether oxygens (including phenoxy) is 17. The number of nitrogens with one attached hydrogen (secondary N) is 3. The molecular formula is C60H101N3O44. The maximum Gasteiger partial charge on any atom is 0.217 e. The van der Waals surface area contributed by atoms with Gasteiger partial charge in [0.25, 0.3) is 0 Å². The molecule has 27 N–H and O–H groups in total. The zero-order valence-corrected chi connectivity index (χ0v) is 57.8. The summed E-state index contributed by atoms with van der Waals surface area (Å²) < 4.78 is 102. The van der Waals surface area contributed by atoms with Crippen LogP contribution in [0.15, 0.2) is 0 Å². The van der Waals surface area contributed by atoms with E-state index in [1.165, 1.54) is 13.8 Å². The molecule has 0 aromatic rings. The van der Waals surface area contributed by atoms with E-state index in [0.29, 0.717) is 0 Å². The Labute approximate surface area is 606 Å². The molecule has 0 saturated carbocycles. The SMILES string of the molecule is CC(=O)N[C@H]1[C@H](O[C@H]2[C@@H](O)[C@@H](CO)O[C@@H](O[C@H]3[C@H](O)[C@@H](O)[C@H](O)O[C@@H]3CO)[C@@H]2O)O[C@H](CO)[C@@H](O[C@@H]2O[C@H](CO)[C@H](O)[C@H](O[C@H]3O[C@H](CO)[C@H](O)[C@H](O[C@@H]4O[C@H](CO)[C@H](O)[C@H](O[C@H]5O[C@H](CO)[C@H](O)[C@H](O)[C@H]5NC(C)=O)[C@H]4O[C@@H]4O[C@@H](C)[C@@H](O)[C@@H](O)[C@@H]4O)[C@H]3NC(C)=O)[C@H]2O[C@@H]2O[C@@H](C)[C@@H](O)[C@@H](O)[C@@H]2O)[C@@H]1O. The van der Waals surface area contributed by atoms with Crippen molar-refractivity contribution in [3.05, 3.63) is 0 Å². The fraction of sp³-hybridized carbons (Fsp3) is 0.950. The van der Waals surface area contributed by atoms with Crippen molar-refractivity contribution in [1.82, 2.24) is 16.0 Å². The molecule has 107 heavy (non-hydrogen) atoms. The highest BCUT2D eigenvalue weighted by molar-refractivity contribution is 5.74. The fourth-order valence-electron chi connectivity index (χ4n) is 14.0. The standard InChI is InChI=1S/C60H101N3O44/c1-13-28(74)37(83)41(87)56(91-13)106-50-49(34(80)21(9-67)97-59(50)101-44-24(12-70)99-54(26(36(44)82)62-16(4)72)103-47-32(78)20(8-66)96-58(43(47)89)100-45-23(11-69)93-52(90)40(86)39(45)85)105-55-27(63-17(5)73)46(31(77)19(7-65)95-55)102-60-51(107-57-42(88)38(84)29(75)14(2)92-57)48(33(79)22(10-68)98-60)104-53-25(61-15(3)71)35(81)30(76)18(6-64)94-53/h13-14,18-60,64-70,74-90H,6-12H2,1-5H3,(H,61,71)(H,62,72)(H,63,73)/t13-,14-,18+,19+,20+,21+,22+,23+,24+,25+,26+,27+,28+,29+,30-,31-,32-,33-,34-,35+,36+,37+,38+,39+,40+,41-,42-,43+,44+,45+,46+,47-,48-,49-,50+,51+,52+,53+,54-,55+,56-,57-,58-,59-,60-/m0/s1. The van der Waals surface area contributed by atoms with E-state index in [2.05, 4.69) is 16.0 Å². The molecule has 47 nitrogen and oxygen atoms in total. The summed E-state index contributed by atoms with van der Waals surface area (Å²) in [7, 11) is 0. The second-order valence-corrected chi connectivity index (χ2v) is 27.4.